The van der Waals surface area contributed by atoms with E-state index in [1.54, 1.807) is 36.7 Å². The summed E-state index contributed by atoms with van der Waals surface area (Å²) in [5.41, 5.74) is 1.84. The van der Waals surface area contributed by atoms with Gasteiger partial charge in [0, 0.05) is 23.3 Å². The van der Waals surface area contributed by atoms with Gasteiger partial charge in [-0.05, 0) is 73.7 Å². The van der Waals surface area contributed by atoms with Gasteiger partial charge in [-0.25, -0.2) is 13.2 Å². The molecule has 0 aliphatic rings. The maximum atomic E-state index is 12.8. The summed E-state index contributed by atoms with van der Waals surface area (Å²) in [6.45, 7) is 2.02. The molecule has 0 aliphatic carbocycles. The van der Waals surface area contributed by atoms with Crippen molar-refractivity contribution in [3.05, 3.63) is 87.7 Å². The molecule has 4 rings (SSSR count). The molecule has 1 heterocycles. The van der Waals surface area contributed by atoms with E-state index >= 15 is 0 Å². The number of hydrogen-bond donors (Lipinski definition) is 1. The van der Waals surface area contributed by atoms with E-state index in [1.165, 1.54) is 59.9 Å². The van der Waals surface area contributed by atoms with Crippen LogP contribution in [0, 0.1) is 0 Å². The first kappa shape index (κ1) is 24.6. The molecule has 0 unspecified atom stereocenters. The number of ether oxygens (including phenoxy) is 1. The zero-order valence-electron chi connectivity index (χ0n) is 18.7. The Balaban J connectivity index is 1.56. The van der Waals surface area contributed by atoms with Crippen LogP contribution in [0.15, 0.2) is 76.6 Å². The molecule has 11 heteroatoms. The number of esters is 1. The Hall–Kier alpha value is -3.47. The van der Waals surface area contributed by atoms with Crippen molar-refractivity contribution in [1.82, 2.24) is 4.57 Å². The van der Waals surface area contributed by atoms with Crippen LogP contribution < -0.4 is 9.52 Å². The number of fused-ring (bicyclic) bond motifs is 1. The SMILES string of the molecule is CCOC(=O)c1ccc2c(c1)sc(=NC(=O)c1ccc(NS(=O)(=O)c3ccc(Cl)cc3)cc1)n2C. The fourth-order valence-electron chi connectivity index (χ4n) is 3.24. The Morgan fingerprint density at radius 3 is 2.34 bits per heavy atom. The number of carbonyl (C=O) groups is 2. The molecule has 0 spiro atoms. The average Bonchev–Trinajstić information content (AvgIpc) is 3.14. The quantitative estimate of drug-likeness (QED) is 0.367. The molecule has 1 aromatic heterocycles. The number of nitrogens with zero attached hydrogens (tertiary/aromatic N) is 2. The smallest absolute Gasteiger partial charge is 0.338 e. The lowest BCUT2D eigenvalue weighted by molar-refractivity contribution is 0.0526. The third kappa shape index (κ3) is 5.45. The van der Waals surface area contributed by atoms with E-state index in [-0.39, 0.29) is 11.5 Å². The van der Waals surface area contributed by atoms with Crippen LogP contribution in [-0.2, 0) is 21.8 Å². The Labute approximate surface area is 210 Å². The minimum absolute atomic E-state index is 0.0698. The average molecular weight is 530 g/mol. The van der Waals surface area contributed by atoms with Crippen LogP contribution in [0.5, 0.6) is 0 Å². The van der Waals surface area contributed by atoms with Crippen LogP contribution in [0.2, 0.25) is 5.02 Å². The lowest BCUT2D eigenvalue weighted by atomic mass is 10.2. The van der Waals surface area contributed by atoms with Crippen LogP contribution >= 0.6 is 22.9 Å². The van der Waals surface area contributed by atoms with Gasteiger partial charge in [-0.1, -0.05) is 22.9 Å². The predicted molar refractivity (Wildman–Crippen MR) is 135 cm³/mol. The third-order valence-electron chi connectivity index (χ3n) is 5.03. The Morgan fingerprint density at radius 2 is 1.69 bits per heavy atom. The lowest BCUT2D eigenvalue weighted by Crippen LogP contribution is -2.14. The molecule has 4 aromatic rings. The van der Waals surface area contributed by atoms with E-state index < -0.39 is 21.9 Å². The molecular formula is C24H20ClN3O5S2. The first-order chi connectivity index (χ1) is 16.7. The van der Waals surface area contributed by atoms with Crippen LogP contribution in [0.4, 0.5) is 5.69 Å². The number of aryl methyl sites for hydroxylation is 1. The summed E-state index contributed by atoms with van der Waals surface area (Å²) in [7, 11) is -2.02. The molecule has 1 amide bonds. The molecule has 0 saturated heterocycles. The number of hydrogen-bond acceptors (Lipinski definition) is 6. The highest BCUT2D eigenvalue weighted by Crippen LogP contribution is 2.21. The van der Waals surface area contributed by atoms with E-state index in [1.807, 2.05) is 0 Å². The van der Waals surface area contributed by atoms with Crippen molar-refractivity contribution in [2.24, 2.45) is 12.0 Å². The van der Waals surface area contributed by atoms with Gasteiger partial charge in [-0.15, -0.1) is 0 Å². The standard InChI is InChI=1S/C24H20ClN3O5S2/c1-3-33-23(30)16-6-13-20-21(14-16)34-24(28(20)2)26-22(29)15-4-9-18(10-5-15)27-35(31,32)19-11-7-17(25)8-12-19/h4-14,27H,3H2,1-2H3. The molecule has 0 aliphatic heterocycles. The maximum absolute atomic E-state index is 12.8. The third-order valence-corrected chi connectivity index (χ3v) is 7.77. The molecule has 8 nitrogen and oxygen atoms in total. The molecule has 35 heavy (non-hydrogen) atoms. The summed E-state index contributed by atoms with van der Waals surface area (Å²) < 4.78 is 35.1. The van der Waals surface area contributed by atoms with Crippen molar-refractivity contribution < 1.29 is 22.7 Å². The number of benzene rings is 3. The van der Waals surface area contributed by atoms with Gasteiger partial charge in [0.25, 0.3) is 15.9 Å². The number of nitrogens with one attached hydrogen (secondary N) is 1. The van der Waals surface area contributed by atoms with Crippen LogP contribution in [0.1, 0.15) is 27.6 Å². The number of aromatic nitrogens is 1. The Kier molecular flexibility index (Phi) is 7.06. The molecule has 0 saturated carbocycles. The highest BCUT2D eigenvalue weighted by molar-refractivity contribution is 7.92. The second kappa shape index (κ2) is 10.0. The van der Waals surface area contributed by atoms with Crippen molar-refractivity contribution in [2.45, 2.75) is 11.8 Å². The van der Waals surface area contributed by atoms with Crippen LogP contribution in [-0.4, -0.2) is 31.5 Å². The highest BCUT2D eigenvalue weighted by atomic mass is 35.5. The normalized spacial score (nSPS) is 12.0. The summed E-state index contributed by atoms with van der Waals surface area (Å²) >= 11 is 7.09. The number of halogens is 1. The maximum Gasteiger partial charge on any atom is 0.338 e. The topological polar surface area (TPSA) is 107 Å². The number of sulfonamides is 1. The number of thiazole rings is 1. The monoisotopic (exact) mass is 529 g/mol. The van der Waals surface area contributed by atoms with Gasteiger partial charge in [0.2, 0.25) is 0 Å². The van der Waals surface area contributed by atoms with Gasteiger partial charge in [0.15, 0.2) is 4.80 Å². The van der Waals surface area contributed by atoms with Crippen molar-refractivity contribution >= 4 is 60.7 Å². The first-order valence-electron chi connectivity index (χ1n) is 10.4. The molecule has 0 bridgehead atoms. The molecule has 0 radical (unpaired) electrons. The number of rotatable bonds is 6. The fourth-order valence-corrected chi connectivity index (χ4v) is 5.48. The second-order valence-corrected chi connectivity index (χ2v) is 10.5. The zero-order chi connectivity index (χ0) is 25.2. The summed E-state index contributed by atoms with van der Waals surface area (Å²) in [5.74, 6) is -0.892. The van der Waals surface area contributed by atoms with E-state index in [9.17, 15) is 18.0 Å². The largest absolute Gasteiger partial charge is 0.462 e. The number of amides is 1. The van der Waals surface area contributed by atoms with Crippen LogP contribution in [0.3, 0.4) is 0 Å². The fraction of sp³-hybridized carbons (Fsp3) is 0.125. The van der Waals surface area contributed by atoms with E-state index in [0.29, 0.717) is 26.6 Å². The summed E-state index contributed by atoms with van der Waals surface area (Å²) in [4.78, 5) is 29.5. The summed E-state index contributed by atoms with van der Waals surface area (Å²) in [6.07, 6.45) is 0. The second-order valence-electron chi connectivity index (χ2n) is 7.40. The van der Waals surface area contributed by atoms with E-state index in [2.05, 4.69) is 9.71 Å². The van der Waals surface area contributed by atoms with E-state index in [0.717, 1.165) is 10.2 Å². The predicted octanol–water partition coefficient (Wildman–Crippen LogP) is 4.61. The summed E-state index contributed by atoms with van der Waals surface area (Å²) in [6, 6.07) is 16.9. The lowest BCUT2D eigenvalue weighted by Gasteiger charge is -2.08. The van der Waals surface area contributed by atoms with Crippen molar-refractivity contribution in [3.8, 4) is 0 Å². The molecular weight excluding hydrogens is 510 g/mol. The number of carbonyl (C=O) groups excluding carboxylic acids is 2. The molecule has 1 N–H and O–H groups in total. The van der Waals surface area contributed by atoms with Gasteiger partial charge in [-0.3, -0.25) is 9.52 Å². The van der Waals surface area contributed by atoms with Gasteiger partial charge in [0.1, 0.15) is 0 Å². The number of anilines is 1. The minimum atomic E-state index is -3.80. The zero-order valence-corrected chi connectivity index (χ0v) is 21.1. The summed E-state index contributed by atoms with van der Waals surface area (Å²) in [5, 5.41) is 0.432. The first-order valence-corrected chi connectivity index (χ1v) is 13.1. The van der Waals surface area contributed by atoms with Crippen molar-refractivity contribution in [2.75, 3.05) is 11.3 Å². The molecule has 0 fully saturated rings. The van der Waals surface area contributed by atoms with Crippen molar-refractivity contribution in [1.29, 1.82) is 0 Å². The van der Waals surface area contributed by atoms with Gasteiger partial charge >= 0.3 is 5.97 Å². The molecule has 3 aromatic carbocycles. The highest BCUT2D eigenvalue weighted by Gasteiger charge is 2.15. The molecule has 180 valence electrons. The van der Waals surface area contributed by atoms with Gasteiger partial charge in [-0.2, -0.15) is 4.99 Å². The Bertz CT molecular complexity index is 1590. The minimum Gasteiger partial charge on any atom is -0.462 e. The molecule has 0 atom stereocenters. The van der Waals surface area contributed by atoms with Crippen molar-refractivity contribution in [3.63, 3.8) is 0 Å². The van der Waals surface area contributed by atoms with E-state index in [4.69, 9.17) is 16.3 Å². The van der Waals surface area contributed by atoms with Crippen LogP contribution in [0.25, 0.3) is 10.2 Å². The van der Waals surface area contributed by atoms with Gasteiger partial charge in [0.05, 0.1) is 27.3 Å². The Morgan fingerprint density at radius 1 is 1.03 bits per heavy atom. The van der Waals surface area contributed by atoms with Gasteiger partial charge < -0.3 is 9.30 Å².